The second kappa shape index (κ2) is 9.73. The first-order chi connectivity index (χ1) is 9.26. The third-order valence-electron chi connectivity index (χ3n) is 4.22. The number of hydrogen-bond donors (Lipinski definition) is 1. The minimum atomic E-state index is 0.258. The molecule has 3 nitrogen and oxygen atoms in total. The van der Waals surface area contributed by atoms with E-state index in [2.05, 4.69) is 26.1 Å². The minimum absolute atomic E-state index is 0.258. The van der Waals surface area contributed by atoms with Crippen LogP contribution in [0.3, 0.4) is 0 Å². The molecule has 0 amide bonds. The molecule has 1 saturated carbocycles. The highest BCUT2D eigenvalue weighted by Gasteiger charge is 2.42. The van der Waals surface area contributed by atoms with Crippen molar-refractivity contribution >= 4 is 0 Å². The van der Waals surface area contributed by atoms with Crippen LogP contribution >= 0.6 is 0 Å². The van der Waals surface area contributed by atoms with E-state index < -0.39 is 0 Å². The molecule has 1 rings (SSSR count). The Morgan fingerprint density at radius 1 is 1.16 bits per heavy atom. The van der Waals surface area contributed by atoms with Gasteiger partial charge in [-0.1, -0.05) is 40.0 Å². The van der Waals surface area contributed by atoms with Crippen LogP contribution in [0.2, 0.25) is 0 Å². The lowest BCUT2D eigenvalue weighted by molar-refractivity contribution is -0.151. The number of ether oxygens (including phenoxy) is 2. The van der Waals surface area contributed by atoms with E-state index in [1.54, 1.807) is 0 Å². The Bertz CT molecular complexity index is 223. The Hall–Kier alpha value is -0.120. The van der Waals surface area contributed by atoms with Crippen molar-refractivity contribution in [1.82, 2.24) is 5.32 Å². The van der Waals surface area contributed by atoms with Gasteiger partial charge in [-0.15, -0.1) is 0 Å². The van der Waals surface area contributed by atoms with Crippen LogP contribution in [0.5, 0.6) is 0 Å². The molecule has 19 heavy (non-hydrogen) atoms. The van der Waals surface area contributed by atoms with Gasteiger partial charge in [0.15, 0.2) is 0 Å². The summed E-state index contributed by atoms with van der Waals surface area (Å²) in [6.07, 6.45) is 7.86. The third-order valence-corrected chi connectivity index (χ3v) is 4.22. The molecule has 114 valence electrons. The molecule has 0 heterocycles. The van der Waals surface area contributed by atoms with Crippen LogP contribution in [0, 0.1) is 5.92 Å². The van der Waals surface area contributed by atoms with Crippen molar-refractivity contribution in [2.75, 3.05) is 20.3 Å². The van der Waals surface area contributed by atoms with Crippen LogP contribution in [0.25, 0.3) is 0 Å². The Kier molecular flexibility index (Phi) is 8.67. The topological polar surface area (TPSA) is 30.5 Å². The molecule has 4 unspecified atom stereocenters. The van der Waals surface area contributed by atoms with E-state index >= 15 is 0 Å². The van der Waals surface area contributed by atoms with Gasteiger partial charge in [-0.25, -0.2) is 0 Å². The van der Waals surface area contributed by atoms with Gasteiger partial charge in [-0.05, 0) is 32.2 Å². The van der Waals surface area contributed by atoms with E-state index in [-0.39, 0.29) is 6.10 Å². The van der Waals surface area contributed by atoms with Crippen molar-refractivity contribution in [1.29, 1.82) is 0 Å². The first-order valence-electron chi connectivity index (χ1n) is 8.17. The van der Waals surface area contributed by atoms with Crippen molar-refractivity contribution in [2.45, 2.75) is 77.5 Å². The standard InChI is InChI=1S/C16H33NO2/c1-5-8-9-13(7-3)12-19-15-11-14(17-4)16(15)18-10-6-2/h13-17H,5-12H2,1-4H3. The smallest absolute Gasteiger partial charge is 0.0990 e. The fourth-order valence-electron chi connectivity index (χ4n) is 2.66. The van der Waals surface area contributed by atoms with Gasteiger partial charge < -0.3 is 14.8 Å². The number of rotatable bonds is 11. The molecule has 1 aliphatic rings. The largest absolute Gasteiger partial charge is 0.375 e. The van der Waals surface area contributed by atoms with Crippen molar-refractivity contribution in [3.63, 3.8) is 0 Å². The molecule has 0 spiro atoms. The van der Waals surface area contributed by atoms with Crippen LogP contribution in [0.1, 0.15) is 59.3 Å². The molecular formula is C16H33NO2. The average Bonchev–Trinajstić information content (AvgIpc) is 2.41. The molecule has 1 aliphatic carbocycles. The lowest BCUT2D eigenvalue weighted by atomic mass is 9.85. The zero-order valence-corrected chi connectivity index (χ0v) is 13.3. The quantitative estimate of drug-likeness (QED) is 0.625. The minimum Gasteiger partial charge on any atom is -0.375 e. The van der Waals surface area contributed by atoms with E-state index in [4.69, 9.17) is 9.47 Å². The van der Waals surface area contributed by atoms with E-state index in [9.17, 15) is 0 Å². The summed E-state index contributed by atoms with van der Waals surface area (Å²) in [4.78, 5) is 0. The summed E-state index contributed by atoms with van der Waals surface area (Å²) in [6, 6.07) is 0.479. The summed E-state index contributed by atoms with van der Waals surface area (Å²) in [5.74, 6) is 0.723. The number of likely N-dealkylation sites (N-methyl/N-ethyl adjacent to an activating group) is 1. The van der Waals surface area contributed by atoms with Gasteiger partial charge in [-0.3, -0.25) is 0 Å². The number of unbranched alkanes of at least 4 members (excludes halogenated alkanes) is 1. The summed E-state index contributed by atoms with van der Waals surface area (Å²) in [7, 11) is 2.01. The van der Waals surface area contributed by atoms with Gasteiger partial charge in [0.05, 0.1) is 12.2 Å². The molecule has 0 aliphatic heterocycles. The molecule has 0 aromatic heterocycles. The first kappa shape index (κ1) is 16.9. The molecule has 4 atom stereocenters. The van der Waals surface area contributed by atoms with Crippen molar-refractivity contribution in [2.24, 2.45) is 5.92 Å². The maximum Gasteiger partial charge on any atom is 0.0990 e. The highest BCUT2D eigenvalue weighted by atomic mass is 16.5. The summed E-state index contributed by atoms with van der Waals surface area (Å²) in [6.45, 7) is 8.43. The fraction of sp³-hybridized carbons (Fsp3) is 1.00. The predicted molar refractivity (Wildman–Crippen MR) is 80.5 cm³/mol. The molecular weight excluding hydrogens is 238 g/mol. The van der Waals surface area contributed by atoms with Gasteiger partial charge in [0.1, 0.15) is 0 Å². The fourth-order valence-corrected chi connectivity index (χ4v) is 2.66. The van der Waals surface area contributed by atoms with Gasteiger partial charge in [0.25, 0.3) is 0 Å². The van der Waals surface area contributed by atoms with Gasteiger partial charge in [0, 0.05) is 19.3 Å². The van der Waals surface area contributed by atoms with Crippen LogP contribution in [-0.4, -0.2) is 38.5 Å². The number of nitrogens with one attached hydrogen (secondary N) is 1. The average molecular weight is 271 g/mol. The number of hydrogen-bond acceptors (Lipinski definition) is 3. The maximum absolute atomic E-state index is 6.10. The van der Waals surface area contributed by atoms with Gasteiger partial charge in [0.2, 0.25) is 0 Å². The van der Waals surface area contributed by atoms with Crippen molar-refractivity contribution in [3.8, 4) is 0 Å². The Balaban J connectivity index is 2.26. The van der Waals surface area contributed by atoms with Gasteiger partial charge in [-0.2, -0.15) is 0 Å². The van der Waals surface area contributed by atoms with E-state index in [1.807, 2.05) is 7.05 Å². The second-order valence-corrected chi connectivity index (χ2v) is 5.75. The SMILES string of the molecule is CCCCC(CC)COC1CC(NC)C1OCCC. The van der Waals surface area contributed by atoms with Crippen LogP contribution in [0.4, 0.5) is 0 Å². The zero-order valence-electron chi connectivity index (χ0n) is 13.3. The molecule has 1 N–H and O–H groups in total. The summed E-state index contributed by atoms with van der Waals surface area (Å²) in [5.41, 5.74) is 0. The molecule has 0 saturated heterocycles. The Morgan fingerprint density at radius 3 is 2.53 bits per heavy atom. The summed E-state index contributed by atoms with van der Waals surface area (Å²) >= 11 is 0. The molecule has 1 fully saturated rings. The first-order valence-corrected chi connectivity index (χ1v) is 8.17. The van der Waals surface area contributed by atoms with E-state index in [0.29, 0.717) is 12.1 Å². The van der Waals surface area contributed by atoms with Crippen molar-refractivity contribution < 1.29 is 9.47 Å². The normalized spacial score (nSPS) is 28.1. The Labute approximate surface area is 119 Å². The van der Waals surface area contributed by atoms with E-state index in [0.717, 1.165) is 32.0 Å². The summed E-state index contributed by atoms with van der Waals surface area (Å²) < 4.78 is 12.0. The van der Waals surface area contributed by atoms with E-state index in [1.165, 1.54) is 25.7 Å². The molecule has 0 bridgehead atoms. The zero-order chi connectivity index (χ0) is 14.1. The lowest BCUT2D eigenvalue weighted by Crippen LogP contribution is -2.59. The second-order valence-electron chi connectivity index (χ2n) is 5.75. The highest BCUT2D eigenvalue weighted by molar-refractivity contribution is 4.96. The third kappa shape index (κ3) is 5.41. The maximum atomic E-state index is 6.10. The molecule has 3 heteroatoms. The highest BCUT2D eigenvalue weighted by Crippen LogP contribution is 2.28. The van der Waals surface area contributed by atoms with Crippen LogP contribution in [-0.2, 0) is 9.47 Å². The molecule has 0 radical (unpaired) electrons. The molecule has 0 aromatic carbocycles. The van der Waals surface area contributed by atoms with Gasteiger partial charge >= 0.3 is 0 Å². The Morgan fingerprint density at radius 2 is 1.95 bits per heavy atom. The summed E-state index contributed by atoms with van der Waals surface area (Å²) in [5, 5.41) is 3.32. The van der Waals surface area contributed by atoms with Crippen molar-refractivity contribution in [3.05, 3.63) is 0 Å². The van der Waals surface area contributed by atoms with Crippen LogP contribution < -0.4 is 5.32 Å². The van der Waals surface area contributed by atoms with Crippen LogP contribution in [0.15, 0.2) is 0 Å². The molecule has 0 aromatic rings. The predicted octanol–water partition coefficient (Wildman–Crippen LogP) is 3.37. The lowest BCUT2D eigenvalue weighted by Gasteiger charge is -2.44. The monoisotopic (exact) mass is 271 g/mol.